The highest BCUT2D eigenvalue weighted by molar-refractivity contribution is 6.07. The predicted octanol–water partition coefficient (Wildman–Crippen LogP) is 1.10. The molecule has 0 aliphatic heterocycles. The topological polar surface area (TPSA) is 55.4 Å². The van der Waals surface area contributed by atoms with Crippen LogP contribution >= 0.6 is 0 Å². The molecule has 0 bridgehead atoms. The molecule has 0 spiro atoms. The molecule has 1 N–H and O–H groups in total. The van der Waals surface area contributed by atoms with Gasteiger partial charge in [-0.05, 0) is 18.3 Å². The molecule has 1 saturated carbocycles. The lowest BCUT2D eigenvalue weighted by Crippen LogP contribution is -2.39. The van der Waals surface area contributed by atoms with Crippen LogP contribution in [0.25, 0.3) is 0 Å². The van der Waals surface area contributed by atoms with Gasteiger partial charge in [0.25, 0.3) is 0 Å². The van der Waals surface area contributed by atoms with Crippen LogP contribution < -0.4 is 5.32 Å². The molecular weight excluding hydrogens is 194 g/mol. The molecule has 4 heteroatoms. The van der Waals surface area contributed by atoms with E-state index in [1.165, 1.54) is 7.11 Å². The van der Waals surface area contributed by atoms with Crippen molar-refractivity contribution in [2.24, 2.45) is 10.8 Å². The highest BCUT2D eigenvalue weighted by Gasteiger charge is 2.73. The maximum absolute atomic E-state index is 11.8. The van der Waals surface area contributed by atoms with Gasteiger partial charge in [-0.1, -0.05) is 20.3 Å². The molecule has 0 saturated heterocycles. The summed E-state index contributed by atoms with van der Waals surface area (Å²) in [5.41, 5.74) is -1.17. The molecule has 0 aromatic rings. The SMILES string of the molecule is CCCC1(C)CC1(C(=O)NC)C(=O)OC. The summed E-state index contributed by atoms with van der Waals surface area (Å²) in [4.78, 5) is 23.5. The maximum atomic E-state index is 11.8. The van der Waals surface area contributed by atoms with Crippen molar-refractivity contribution in [1.29, 1.82) is 0 Å². The molecule has 1 fully saturated rings. The van der Waals surface area contributed by atoms with Crippen LogP contribution in [0, 0.1) is 10.8 Å². The van der Waals surface area contributed by atoms with Gasteiger partial charge in [-0.25, -0.2) is 0 Å². The smallest absolute Gasteiger partial charge is 0.321 e. The lowest BCUT2D eigenvalue weighted by Gasteiger charge is -2.18. The lowest BCUT2D eigenvalue weighted by atomic mass is 9.89. The summed E-state index contributed by atoms with van der Waals surface area (Å²) in [6.45, 7) is 4.03. The van der Waals surface area contributed by atoms with Crippen molar-refractivity contribution < 1.29 is 14.3 Å². The van der Waals surface area contributed by atoms with E-state index in [1.807, 2.05) is 6.92 Å². The van der Waals surface area contributed by atoms with E-state index in [1.54, 1.807) is 7.05 Å². The summed E-state index contributed by atoms with van der Waals surface area (Å²) in [7, 11) is 2.88. The average Bonchev–Trinajstić information content (AvgIpc) is 2.84. The third kappa shape index (κ3) is 1.52. The van der Waals surface area contributed by atoms with E-state index in [9.17, 15) is 9.59 Å². The Morgan fingerprint density at radius 1 is 1.47 bits per heavy atom. The molecule has 1 rings (SSSR count). The van der Waals surface area contributed by atoms with Crippen molar-refractivity contribution in [3.05, 3.63) is 0 Å². The Kier molecular flexibility index (Phi) is 3.07. The summed E-state index contributed by atoms with van der Waals surface area (Å²) in [6.07, 6.45) is 2.43. The minimum absolute atomic E-state index is 0.217. The maximum Gasteiger partial charge on any atom is 0.321 e. The van der Waals surface area contributed by atoms with E-state index in [0.29, 0.717) is 6.42 Å². The van der Waals surface area contributed by atoms with Crippen molar-refractivity contribution in [1.82, 2.24) is 5.32 Å². The first-order valence-corrected chi connectivity index (χ1v) is 5.29. The number of nitrogens with one attached hydrogen (secondary N) is 1. The van der Waals surface area contributed by atoms with Gasteiger partial charge in [0.1, 0.15) is 0 Å². The molecule has 15 heavy (non-hydrogen) atoms. The van der Waals surface area contributed by atoms with Gasteiger partial charge in [0.05, 0.1) is 7.11 Å². The summed E-state index contributed by atoms with van der Waals surface area (Å²) in [5.74, 6) is -0.622. The normalized spacial score (nSPS) is 33.3. The van der Waals surface area contributed by atoms with Gasteiger partial charge < -0.3 is 10.1 Å². The van der Waals surface area contributed by atoms with Gasteiger partial charge in [-0.3, -0.25) is 9.59 Å². The van der Waals surface area contributed by atoms with Crippen LogP contribution in [-0.4, -0.2) is 26.0 Å². The molecule has 2 atom stereocenters. The largest absolute Gasteiger partial charge is 0.468 e. The first kappa shape index (κ1) is 12.0. The minimum Gasteiger partial charge on any atom is -0.468 e. The van der Waals surface area contributed by atoms with Crippen LogP contribution in [0.4, 0.5) is 0 Å². The summed E-state index contributed by atoms with van der Waals surface area (Å²) in [6, 6.07) is 0. The molecule has 1 aliphatic rings. The summed E-state index contributed by atoms with van der Waals surface area (Å²) in [5, 5.41) is 2.56. The highest BCUT2D eigenvalue weighted by Crippen LogP contribution is 2.66. The van der Waals surface area contributed by atoms with Gasteiger partial charge in [0, 0.05) is 7.05 Å². The molecule has 2 unspecified atom stereocenters. The Labute approximate surface area is 90.4 Å². The van der Waals surface area contributed by atoms with E-state index in [0.717, 1.165) is 12.8 Å². The first-order chi connectivity index (χ1) is 6.98. The van der Waals surface area contributed by atoms with Crippen LogP contribution in [-0.2, 0) is 14.3 Å². The zero-order chi connectivity index (χ0) is 11.7. The molecule has 0 heterocycles. The summed E-state index contributed by atoms with van der Waals surface area (Å²) >= 11 is 0. The minimum atomic E-state index is -0.938. The average molecular weight is 213 g/mol. The number of carbonyl (C=O) groups is 2. The van der Waals surface area contributed by atoms with E-state index in [2.05, 4.69) is 12.2 Å². The second-order valence-corrected chi connectivity index (χ2v) is 4.46. The number of hydrogen-bond donors (Lipinski definition) is 1. The molecule has 4 nitrogen and oxygen atoms in total. The number of amides is 1. The third-order valence-electron chi connectivity index (χ3n) is 3.51. The van der Waals surface area contributed by atoms with Crippen LogP contribution in [0.1, 0.15) is 33.1 Å². The Bertz CT molecular complexity index is 272. The lowest BCUT2D eigenvalue weighted by molar-refractivity contribution is -0.154. The van der Waals surface area contributed by atoms with Crippen LogP contribution in [0.5, 0.6) is 0 Å². The highest BCUT2D eigenvalue weighted by atomic mass is 16.5. The van der Waals surface area contributed by atoms with Crippen molar-refractivity contribution in [3.63, 3.8) is 0 Å². The molecular formula is C11H19NO3. The Balaban J connectivity index is 2.94. The van der Waals surface area contributed by atoms with Crippen molar-refractivity contribution in [2.45, 2.75) is 33.1 Å². The quantitative estimate of drug-likeness (QED) is 0.562. The molecule has 0 aromatic heterocycles. The molecule has 0 aromatic carbocycles. The van der Waals surface area contributed by atoms with Crippen molar-refractivity contribution in [2.75, 3.05) is 14.2 Å². The fourth-order valence-corrected chi connectivity index (χ4v) is 2.55. The molecule has 1 amide bonds. The predicted molar refractivity (Wildman–Crippen MR) is 56.1 cm³/mol. The van der Waals surface area contributed by atoms with Gasteiger partial charge in [-0.2, -0.15) is 0 Å². The number of ether oxygens (including phenoxy) is 1. The number of esters is 1. The van der Waals surface area contributed by atoms with Crippen molar-refractivity contribution in [3.8, 4) is 0 Å². The summed E-state index contributed by atoms with van der Waals surface area (Å²) < 4.78 is 4.74. The zero-order valence-corrected chi connectivity index (χ0v) is 9.85. The first-order valence-electron chi connectivity index (χ1n) is 5.29. The zero-order valence-electron chi connectivity index (χ0n) is 9.85. The van der Waals surface area contributed by atoms with E-state index in [-0.39, 0.29) is 11.3 Å². The Morgan fingerprint density at radius 3 is 2.47 bits per heavy atom. The Hall–Kier alpha value is -1.06. The van der Waals surface area contributed by atoms with Gasteiger partial charge in [0.2, 0.25) is 5.91 Å². The van der Waals surface area contributed by atoms with Gasteiger partial charge in [0.15, 0.2) is 5.41 Å². The number of methoxy groups -OCH3 is 1. The fourth-order valence-electron chi connectivity index (χ4n) is 2.55. The number of rotatable bonds is 4. The second kappa shape index (κ2) is 3.83. The van der Waals surface area contributed by atoms with Gasteiger partial charge >= 0.3 is 5.97 Å². The fraction of sp³-hybridized carbons (Fsp3) is 0.818. The van der Waals surface area contributed by atoms with E-state index >= 15 is 0 Å². The molecule has 1 aliphatic carbocycles. The standard InChI is InChI=1S/C11H19NO3/c1-5-6-10(2)7-11(10,8(13)12-3)9(14)15-4/h5-7H2,1-4H3,(H,12,13). The van der Waals surface area contributed by atoms with Crippen LogP contribution in [0.15, 0.2) is 0 Å². The number of hydrogen-bond acceptors (Lipinski definition) is 3. The van der Waals surface area contributed by atoms with E-state index < -0.39 is 11.4 Å². The van der Waals surface area contributed by atoms with E-state index in [4.69, 9.17) is 4.74 Å². The third-order valence-corrected chi connectivity index (χ3v) is 3.51. The van der Waals surface area contributed by atoms with Crippen molar-refractivity contribution >= 4 is 11.9 Å². The second-order valence-electron chi connectivity index (χ2n) is 4.46. The number of carbonyl (C=O) groups excluding carboxylic acids is 2. The molecule has 0 radical (unpaired) electrons. The monoisotopic (exact) mass is 213 g/mol. The molecule has 86 valence electrons. The van der Waals surface area contributed by atoms with Gasteiger partial charge in [-0.15, -0.1) is 0 Å². The Morgan fingerprint density at radius 2 is 2.07 bits per heavy atom. The van der Waals surface area contributed by atoms with Crippen LogP contribution in [0.2, 0.25) is 0 Å². The van der Waals surface area contributed by atoms with Crippen LogP contribution in [0.3, 0.4) is 0 Å².